The van der Waals surface area contributed by atoms with Crippen molar-refractivity contribution in [3.8, 4) is 0 Å². The van der Waals surface area contributed by atoms with Crippen LogP contribution in [0.5, 0.6) is 0 Å². The molecular formula is C12H23N3O. The lowest BCUT2D eigenvalue weighted by atomic mass is 10.4. The number of likely N-dealkylation sites (N-methyl/N-ethyl adjacent to an activating group) is 1. The van der Waals surface area contributed by atoms with Crippen LogP contribution in [-0.2, 0) is 4.79 Å². The minimum Gasteiger partial charge on any atom is -0.342 e. The molecule has 0 unspecified atom stereocenters. The molecule has 0 aromatic rings. The van der Waals surface area contributed by atoms with Crippen LogP contribution in [0.4, 0.5) is 0 Å². The number of carbonyl (C=O) groups is 1. The molecular weight excluding hydrogens is 202 g/mol. The van der Waals surface area contributed by atoms with Gasteiger partial charge in [-0.3, -0.25) is 4.79 Å². The standard InChI is InChI=1S/C12H23N3O/c1-14(11-4-5-11)12(16)10-13-6-9-15-7-2-3-8-15/h11,13H,2-10H2,1H3. The van der Waals surface area contributed by atoms with Gasteiger partial charge in [0.15, 0.2) is 0 Å². The molecule has 1 amide bonds. The van der Waals surface area contributed by atoms with Gasteiger partial charge >= 0.3 is 0 Å². The van der Waals surface area contributed by atoms with Crippen molar-refractivity contribution < 1.29 is 4.79 Å². The molecule has 2 aliphatic rings. The van der Waals surface area contributed by atoms with Crippen LogP contribution in [0.15, 0.2) is 0 Å². The Morgan fingerprint density at radius 1 is 1.38 bits per heavy atom. The molecule has 1 aliphatic heterocycles. The number of likely N-dealkylation sites (tertiary alicyclic amines) is 1. The Hall–Kier alpha value is -0.610. The number of hydrogen-bond acceptors (Lipinski definition) is 3. The van der Waals surface area contributed by atoms with E-state index in [1.54, 1.807) is 0 Å². The molecule has 0 aromatic heterocycles. The first-order valence-corrected chi connectivity index (χ1v) is 6.46. The van der Waals surface area contributed by atoms with E-state index < -0.39 is 0 Å². The van der Waals surface area contributed by atoms with Crippen LogP contribution >= 0.6 is 0 Å². The highest BCUT2D eigenvalue weighted by Gasteiger charge is 2.28. The maximum absolute atomic E-state index is 11.7. The fourth-order valence-corrected chi connectivity index (χ4v) is 2.23. The van der Waals surface area contributed by atoms with Crippen LogP contribution in [0.25, 0.3) is 0 Å². The smallest absolute Gasteiger partial charge is 0.236 e. The van der Waals surface area contributed by atoms with Gasteiger partial charge in [0.2, 0.25) is 5.91 Å². The Morgan fingerprint density at radius 3 is 2.69 bits per heavy atom. The second-order valence-corrected chi connectivity index (χ2v) is 4.96. The van der Waals surface area contributed by atoms with Crippen molar-refractivity contribution in [2.24, 2.45) is 0 Å². The molecule has 0 bridgehead atoms. The lowest BCUT2D eigenvalue weighted by molar-refractivity contribution is -0.129. The highest BCUT2D eigenvalue weighted by atomic mass is 16.2. The third-order valence-electron chi connectivity index (χ3n) is 3.57. The zero-order valence-corrected chi connectivity index (χ0v) is 10.2. The molecule has 1 saturated heterocycles. The van der Waals surface area contributed by atoms with Crippen molar-refractivity contribution in [3.63, 3.8) is 0 Å². The largest absolute Gasteiger partial charge is 0.342 e. The van der Waals surface area contributed by atoms with Gasteiger partial charge in [-0.05, 0) is 38.8 Å². The SMILES string of the molecule is CN(C(=O)CNCCN1CCCC1)C1CC1. The zero-order valence-electron chi connectivity index (χ0n) is 10.2. The number of rotatable bonds is 6. The number of hydrogen-bond donors (Lipinski definition) is 1. The first kappa shape index (κ1) is 11.9. The molecule has 16 heavy (non-hydrogen) atoms. The van der Waals surface area contributed by atoms with Gasteiger partial charge in [-0.1, -0.05) is 0 Å². The molecule has 2 fully saturated rings. The average Bonchev–Trinajstić information content (AvgIpc) is 3.01. The normalized spacial score (nSPS) is 21.3. The highest BCUT2D eigenvalue weighted by molar-refractivity contribution is 5.78. The monoisotopic (exact) mass is 225 g/mol. The Labute approximate surface area is 98.0 Å². The number of nitrogens with zero attached hydrogens (tertiary/aromatic N) is 2. The number of amides is 1. The van der Waals surface area contributed by atoms with Gasteiger partial charge in [-0.15, -0.1) is 0 Å². The van der Waals surface area contributed by atoms with E-state index in [-0.39, 0.29) is 5.91 Å². The maximum atomic E-state index is 11.7. The predicted molar refractivity (Wildman–Crippen MR) is 64.3 cm³/mol. The summed E-state index contributed by atoms with van der Waals surface area (Å²) >= 11 is 0. The summed E-state index contributed by atoms with van der Waals surface area (Å²) in [4.78, 5) is 16.0. The first-order valence-electron chi connectivity index (χ1n) is 6.46. The third kappa shape index (κ3) is 3.46. The summed E-state index contributed by atoms with van der Waals surface area (Å²) in [6, 6.07) is 0.535. The molecule has 4 heteroatoms. The molecule has 1 N–H and O–H groups in total. The van der Waals surface area contributed by atoms with Crippen LogP contribution in [0, 0.1) is 0 Å². The van der Waals surface area contributed by atoms with Gasteiger partial charge in [0.05, 0.1) is 6.54 Å². The molecule has 1 heterocycles. The average molecular weight is 225 g/mol. The molecule has 1 saturated carbocycles. The summed E-state index contributed by atoms with van der Waals surface area (Å²) in [7, 11) is 1.92. The molecule has 0 spiro atoms. The second-order valence-electron chi connectivity index (χ2n) is 4.96. The number of nitrogens with one attached hydrogen (secondary N) is 1. The molecule has 2 rings (SSSR count). The van der Waals surface area contributed by atoms with Gasteiger partial charge in [-0.2, -0.15) is 0 Å². The third-order valence-corrected chi connectivity index (χ3v) is 3.57. The minimum atomic E-state index is 0.240. The summed E-state index contributed by atoms with van der Waals surface area (Å²) < 4.78 is 0. The van der Waals surface area contributed by atoms with E-state index in [0.717, 1.165) is 13.1 Å². The molecule has 0 atom stereocenters. The minimum absolute atomic E-state index is 0.240. The van der Waals surface area contributed by atoms with Crippen molar-refractivity contribution in [1.29, 1.82) is 0 Å². The van der Waals surface area contributed by atoms with E-state index in [9.17, 15) is 4.79 Å². The molecule has 4 nitrogen and oxygen atoms in total. The lowest BCUT2D eigenvalue weighted by Crippen LogP contribution is -2.39. The molecule has 0 aromatic carbocycles. The fourth-order valence-electron chi connectivity index (χ4n) is 2.23. The van der Waals surface area contributed by atoms with E-state index in [2.05, 4.69) is 10.2 Å². The van der Waals surface area contributed by atoms with Crippen LogP contribution in [0.2, 0.25) is 0 Å². The molecule has 92 valence electrons. The quantitative estimate of drug-likeness (QED) is 0.660. The highest BCUT2D eigenvalue weighted by Crippen LogP contribution is 2.24. The summed E-state index contributed by atoms with van der Waals surface area (Å²) in [5.74, 6) is 0.240. The Bertz CT molecular complexity index is 234. The topological polar surface area (TPSA) is 35.6 Å². The molecule has 0 radical (unpaired) electrons. The van der Waals surface area contributed by atoms with Gasteiger partial charge in [0.1, 0.15) is 0 Å². The lowest BCUT2D eigenvalue weighted by Gasteiger charge is -2.18. The molecule has 1 aliphatic carbocycles. The van der Waals surface area contributed by atoms with Crippen molar-refractivity contribution in [3.05, 3.63) is 0 Å². The zero-order chi connectivity index (χ0) is 11.4. The maximum Gasteiger partial charge on any atom is 0.236 e. The first-order chi connectivity index (χ1) is 7.77. The summed E-state index contributed by atoms with van der Waals surface area (Å²) in [6.07, 6.45) is 5.05. The summed E-state index contributed by atoms with van der Waals surface area (Å²) in [5.41, 5.74) is 0. The van der Waals surface area contributed by atoms with E-state index in [1.165, 1.54) is 38.8 Å². The van der Waals surface area contributed by atoms with Crippen molar-refractivity contribution >= 4 is 5.91 Å². The Morgan fingerprint density at radius 2 is 2.06 bits per heavy atom. The van der Waals surface area contributed by atoms with Crippen LogP contribution in [0.1, 0.15) is 25.7 Å². The second kappa shape index (κ2) is 5.64. The van der Waals surface area contributed by atoms with Gasteiger partial charge < -0.3 is 15.1 Å². The van der Waals surface area contributed by atoms with Gasteiger partial charge in [-0.25, -0.2) is 0 Å². The van der Waals surface area contributed by atoms with Gasteiger partial charge in [0.25, 0.3) is 0 Å². The summed E-state index contributed by atoms with van der Waals surface area (Å²) in [5, 5.41) is 3.24. The van der Waals surface area contributed by atoms with E-state index in [4.69, 9.17) is 0 Å². The van der Waals surface area contributed by atoms with Crippen molar-refractivity contribution in [1.82, 2.24) is 15.1 Å². The predicted octanol–water partition coefficient (Wildman–Crippen LogP) is 0.293. The Kier molecular flexibility index (Phi) is 4.18. The van der Waals surface area contributed by atoms with E-state index in [0.29, 0.717) is 12.6 Å². The van der Waals surface area contributed by atoms with E-state index >= 15 is 0 Å². The van der Waals surface area contributed by atoms with Crippen molar-refractivity contribution in [2.75, 3.05) is 39.8 Å². The Balaban J connectivity index is 1.51. The summed E-state index contributed by atoms with van der Waals surface area (Å²) in [6.45, 7) is 4.99. The van der Waals surface area contributed by atoms with Crippen LogP contribution in [-0.4, -0.2) is 61.5 Å². The van der Waals surface area contributed by atoms with E-state index in [1.807, 2.05) is 11.9 Å². The fraction of sp³-hybridized carbons (Fsp3) is 0.917. The number of carbonyl (C=O) groups excluding carboxylic acids is 1. The van der Waals surface area contributed by atoms with Gasteiger partial charge in [0, 0.05) is 26.2 Å². The van der Waals surface area contributed by atoms with Crippen molar-refractivity contribution in [2.45, 2.75) is 31.7 Å². The van der Waals surface area contributed by atoms with Crippen LogP contribution < -0.4 is 5.32 Å². The van der Waals surface area contributed by atoms with Crippen LogP contribution in [0.3, 0.4) is 0 Å².